The van der Waals surface area contributed by atoms with Gasteiger partial charge in [-0.1, -0.05) is 24.3 Å². The minimum absolute atomic E-state index is 0.122. The number of rotatable bonds is 1. The summed E-state index contributed by atoms with van der Waals surface area (Å²) in [5, 5.41) is 9.35. The van der Waals surface area contributed by atoms with E-state index in [1.807, 2.05) is 24.3 Å². The van der Waals surface area contributed by atoms with Gasteiger partial charge in [0.05, 0.1) is 0 Å². The van der Waals surface area contributed by atoms with Crippen LogP contribution in [0.5, 0.6) is 0 Å². The number of hydrogen-bond donors (Lipinski definition) is 1. The molecule has 0 spiro atoms. The van der Waals surface area contributed by atoms with E-state index in [0.29, 0.717) is 0 Å². The molecule has 3 unspecified atom stereocenters. The van der Waals surface area contributed by atoms with Crippen LogP contribution in [0, 0.1) is 0 Å². The van der Waals surface area contributed by atoms with Crippen LogP contribution in [-0.4, -0.2) is 35.5 Å². The topological polar surface area (TPSA) is 23.5 Å². The van der Waals surface area contributed by atoms with Gasteiger partial charge in [0.1, 0.15) is 0 Å². The fourth-order valence-electron chi connectivity index (χ4n) is 3.25. The van der Waals surface area contributed by atoms with Gasteiger partial charge in [0.15, 0.2) is 0 Å². The highest BCUT2D eigenvalue weighted by Gasteiger charge is 2.47. The molecule has 1 saturated heterocycles. The molecule has 0 saturated carbocycles. The molecular formula is C13H14F3NO. The van der Waals surface area contributed by atoms with Gasteiger partial charge in [-0.2, -0.15) is 13.2 Å². The zero-order valence-electron chi connectivity index (χ0n) is 9.69. The quantitative estimate of drug-likeness (QED) is 0.835. The van der Waals surface area contributed by atoms with Crippen LogP contribution in [-0.2, 0) is 0 Å². The molecule has 98 valence electrons. The van der Waals surface area contributed by atoms with Gasteiger partial charge in [0.25, 0.3) is 0 Å². The highest BCUT2D eigenvalue weighted by molar-refractivity contribution is 5.40. The summed E-state index contributed by atoms with van der Waals surface area (Å²) in [7, 11) is 0. The maximum absolute atomic E-state index is 12.5. The van der Waals surface area contributed by atoms with Gasteiger partial charge < -0.3 is 5.11 Å². The molecule has 3 atom stereocenters. The molecule has 2 bridgehead atoms. The largest absolute Gasteiger partial charge is 0.428 e. The van der Waals surface area contributed by atoms with Crippen molar-refractivity contribution in [1.82, 2.24) is 4.90 Å². The van der Waals surface area contributed by atoms with Crippen molar-refractivity contribution in [2.75, 3.05) is 13.1 Å². The van der Waals surface area contributed by atoms with Crippen molar-refractivity contribution in [3.63, 3.8) is 0 Å². The molecule has 1 aliphatic carbocycles. The molecule has 1 N–H and O–H groups in total. The SMILES string of the molecule is OC(N1CC2CC(C1)c1ccccc12)C(F)(F)F. The first-order chi connectivity index (χ1) is 8.47. The highest BCUT2D eigenvalue weighted by Crippen LogP contribution is 2.46. The third-order valence-corrected chi connectivity index (χ3v) is 3.99. The van der Waals surface area contributed by atoms with Crippen LogP contribution in [0.2, 0.25) is 0 Å². The number of hydrogen-bond acceptors (Lipinski definition) is 2. The second-order valence-corrected chi connectivity index (χ2v) is 5.13. The third-order valence-electron chi connectivity index (χ3n) is 3.99. The summed E-state index contributed by atoms with van der Waals surface area (Å²) >= 11 is 0. The van der Waals surface area contributed by atoms with E-state index in [-0.39, 0.29) is 24.9 Å². The number of benzene rings is 1. The third kappa shape index (κ3) is 1.82. The monoisotopic (exact) mass is 257 g/mol. The maximum atomic E-state index is 12.5. The Kier molecular flexibility index (Phi) is 2.64. The first kappa shape index (κ1) is 12.0. The molecule has 18 heavy (non-hydrogen) atoms. The Labute approximate surface area is 103 Å². The Morgan fingerprint density at radius 3 is 2.06 bits per heavy atom. The van der Waals surface area contributed by atoms with Crippen LogP contribution in [0.1, 0.15) is 29.4 Å². The second-order valence-electron chi connectivity index (χ2n) is 5.13. The smallest absolute Gasteiger partial charge is 0.370 e. The van der Waals surface area contributed by atoms with Crippen molar-refractivity contribution in [1.29, 1.82) is 0 Å². The van der Waals surface area contributed by atoms with E-state index < -0.39 is 12.4 Å². The molecule has 1 aromatic carbocycles. The predicted molar refractivity (Wildman–Crippen MR) is 60.2 cm³/mol. The Bertz CT molecular complexity index is 429. The van der Waals surface area contributed by atoms with E-state index >= 15 is 0 Å². The normalized spacial score (nSPS) is 29.1. The van der Waals surface area contributed by atoms with Gasteiger partial charge in [-0.15, -0.1) is 0 Å². The number of alkyl halides is 3. The molecule has 5 heteroatoms. The summed E-state index contributed by atoms with van der Waals surface area (Å²) in [6, 6.07) is 7.82. The lowest BCUT2D eigenvalue weighted by Gasteiger charge is -2.36. The first-order valence-corrected chi connectivity index (χ1v) is 6.04. The van der Waals surface area contributed by atoms with Crippen molar-refractivity contribution in [2.24, 2.45) is 0 Å². The lowest BCUT2D eigenvalue weighted by atomic mass is 9.95. The molecule has 1 aliphatic heterocycles. The number of fused-ring (bicyclic) bond motifs is 5. The number of aliphatic hydroxyl groups is 1. The van der Waals surface area contributed by atoms with Crippen molar-refractivity contribution >= 4 is 0 Å². The molecule has 0 radical (unpaired) electrons. The van der Waals surface area contributed by atoms with Crippen LogP contribution in [0.15, 0.2) is 24.3 Å². The van der Waals surface area contributed by atoms with Gasteiger partial charge in [-0.3, -0.25) is 4.90 Å². The van der Waals surface area contributed by atoms with Crippen LogP contribution >= 0.6 is 0 Å². The molecule has 1 fully saturated rings. The minimum atomic E-state index is -4.57. The van der Waals surface area contributed by atoms with Crippen LogP contribution in [0.25, 0.3) is 0 Å². The average Bonchev–Trinajstić information content (AvgIpc) is 2.60. The van der Waals surface area contributed by atoms with E-state index in [4.69, 9.17) is 0 Å². The van der Waals surface area contributed by atoms with Gasteiger partial charge in [-0.25, -0.2) is 0 Å². The lowest BCUT2D eigenvalue weighted by Crippen LogP contribution is -2.49. The molecule has 1 heterocycles. The number of nitrogens with zero attached hydrogens (tertiary/aromatic N) is 1. The fourth-order valence-corrected chi connectivity index (χ4v) is 3.25. The van der Waals surface area contributed by atoms with Crippen molar-refractivity contribution < 1.29 is 18.3 Å². The van der Waals surface area contributed by atoms with E-state index in [1.165, 1.54) is 0 Å². The Morgan fingerprint density at radius 1 is 1.11 bits per heavy atom. The Balaban J connectivity index is 1.85. The Hall–Kier alpha value is -1.07. The van der Waals surface area contributed by atoms with Gasteiger partial charge in [-0.05, 0) is 29.4 Å². The van der Waals surface area contributed by atoms with E-state index in [0.717, 1.165) is 22.4 Å². The predicted octanol–water partition coefficient (Wildman–Crippen LogP) is 2.45. The summed E-state index contributed by atoms with van der Waals surface area (Å²) in [5.74, 6) is 0.244. The summed E-state index contributed by atoms with van der Waals surface area (Å²) in [4.78, 5) is 1.15. The van der Waals surface area contributed by atoms with E-state index in [2.05, 4.69) is 0 Å². The molecule has 3 rings (SSSR count). The molecule has 2 nitrogen and oxygen atoms in total. The van der Waals surface area contributed by atoms with Crippen molar-refractivity contribution in [3.05, 3.63) is 35.4 Å². The fraction of sp³-hybridized carbons (Fsp3) is 0.538. The minimum Gasteiger partial charge on any atom is -0.370 e. The van der Waals surface area contributed by atoms with Gasteiger partial charge in [0.2, 0.25) is 6.23 Å². The van der Waals surface area contributed by atoms with Crippen LogP contribution in [0.3, 0.4) is 0 Å². The molecular weight excluding hydrogens is 243 g/mol. The zero-order valence-corrected chi connectivity index (χ0v) is 9.69. The van der Waals surface area contributed by atoms with Crippen LogP contribution in [0.4, 0.5) is 13.2 Å². The zero-order chi connectivity index (χ0) is 12.9. The first-order valence-electron chi connectivity index (χ1n) is 6.04. The number of halogens is 3. The van der Waals surface area contributed by atoms with Crippen molar-refractivity contribution in [3.8, 4) is 0 Å². The van der Waals surface area contributed by atoms with Gasteiger partial charge >= 0.3 is 6.18 Å². The van der Waals surface area contributed by atoms with E-state index in [1.54, 1.807) is 0 Å². The average molecular weight is 257 g/mol. The van der Waals surface area contributed by atoms with Gasteiger partial charge in [0, 0.05) is 13.1 Å². The highest BCUT2D eigenvalue weighted by atomic mass is 19.4. The molecule has 0 aromatic heterocycles. The van der Waals surface area contributed by atoms with E-state index in [9.17, 15) is 18.3 Å². The molecule has 2 aliphatic rings. The van der Waals surface area contributed by atoms with Crippen LogP contribution < -0.4 is 0 Å². The maximum Gasteiger partial charge on any atom is 0.428 e. The molecule has 1 aromatic rings. The standard InChI is InChI=1S/C13H14F3NO/c14-13(15,16)12(18)17-6-8-5-9(7-17)11-4-2-1-3-10(8)11/h1-4,8-9,12,18H,5-7H2. The second kappa shape index (κ2) is 3.96. The number of likely N-dealkylation sites (tertiary alicyclic amines) is 1. The van der Waals surface area contributed by atoms with Crippen molar-refractivity contribution in [2.45, 2.75) is 30.7 Å². The lowest BCUT2D eigenvalue weighted by molar-refractivity contribution is -0.253. The number of aliphatic hydroxyl groups excluding tert-OH is 1. The molecule has 0 amide bonds. The summed E-state index contributed by atoms with van der Waals surface area (Å²) in [6.45, 7) is 0.572. The summed E-state index contributed by atoms with van der Waals surface area (Å²) in [6.07, 6.45) is -6.00. The summed E-state index contributed by atoms with van der Waals surface area (Å²) < 4.78 is 37.6. The number of piperidine rings is 1. The Morgan fingerprint density at radius 2 is 1.61 bits per heavy atom. The summed E-state index contributed by atoms with van der Waals surface area (Å²) in [5.41, 5.74) is 2.30.